The molecule has 1 aromatic carbocycles. The van der Waals surface area contributed by atoms with Crippen LogP contribution in [-0.4, -0.2) is 83.4 Å². The van der Waals surface area contributed by atoms with Crippen molar-refractivity contribution in [2.24, 2.45) is 4.99 Å². The summed E-state index contributed by atoms with van der Waals surface area (Å²) in [5.74, 6) is 0.709. The van der Waals surface area contributed by atoms with Crippen LogP contribution in [0.4, 0.5) is 4.79 Å². The number of aliphatic imine (C=N–C) groups is 1. The fraction of sp³-hybridized carbons (Fsp3) is 0.526. The number of urea groups is 1. The Morgan fingerprint density at radius 2 is 1.77 bits per heavy atom. The van der Waals surface area contributed by atoms with Crippen molar-refractivity contribution in [3.63, 3.8) is 0 Å². The van der Waals surface area contributed by atoms with Crippen LogP contribution in [0.3, 0.4) is 0 Å². The summed E-state index contributed by atoms with van der Waals surface area (Å²) in [4.78, 5) is 37.2. The second-order valence-corrected chi connectivity index (χ2v) is 7.20. The molecule has 0 aliphatic carbocycles. The highest BCUT2D eigenvalue weighted by molar-refractivity contribution is 6.03. The van der Waals surface area contributed by atoms with E-state index < -0.39 is 12.2 Å². The summed E-state index contributed by atoms with van der Waals surface area (Å²) in [6.45, 7) is 2.63. The van der Waals surface area contributed by atoms with Gasteiger partial charge in [-0.2, -0.15) is 0 Å². The van der Waals surface area contributed by atoms with Crippen LogP contribution in [0.5, 0.6) is 0 Å². The Morgan fingerprint density at radius 3 is 2.46 bits per heavy atom. The molecule has 3 aliphatic rings. The topological polar surface area (TPSA) is 59.5 Å². The number of hydrogen-bond acceptors (Lipinski definition) is 5. The number of hydrogen-bond donors (Lipinski definition) is 0. The molecule has 7 heteroatoms. The van der Waals surface area contributed by atoms with Crippen molar-refractivity contribution in [3.05, 3.63) is 35.9 Å². The zero-order valence-corrected chi connectivity index (χ0v) is 15.3. The van der Waals surface area contributed by atoms with Gasteiger partial charge in [0, 0.05) is 33.7 Å². The lowest BCUT2D eigenvalue weighted by molar-refractivity contribution is -0.136. The Morgan fingerprint density at radius 1 is 1.08 bits per heavy atom. The molecular weight excluding hydrogens is 330 g/mol. The van der Waals surface area contributed by atoms with E-state index in [2.05, 4.69) is 21.9 Å². The molecule has 7 nitrogen and oxygen atoms in total. The summed E-state index contributed by atoms with van der Waals surface area (Å²) in [5, 5.41) is 0. The molecular formula is C19H25N5O2. The Bertz CT molecular complexity index is 729. The summed E-state index contributed by atoms with van der Waals surface area (Å²) in [6.07, 6.45) is 2.69. The summed E-state index contributed by atoms with van der Waals surface area (Å²) >= 11 is 0. The Kier molecular flexibility index (Phi) is 4.30. The highest BCUT2D eigenvalue weighted by atomic mass is 16.2. The standard InChI is InChI=1S/C19H25N5O2/c1-21-16-15(17(25)22(2)19(21)26)24(13-10-14-8-4-3-5-9-14)18(20-16)23-11-6-7-12-23/h3-5,8-9,15-16H,6-7,10-13H2,1-2H3. The second kappa shape index (κ2) is 6.63. The van der Waals surface area contributed by atoms with Crippen LogP contribution in [0.15, 0.2) is 35.3 Å². The Balaban J connectivity index is 1.62. The molecule has 3 aliphatic heterocycles. The van der Waals surface area contributed by atoms with E-state index in [1.54, 1.807) is 19.0 Å². The van der Waals surface area contributed by atoms with Crippen LogP contribution < -0.4 is 0 Å². The number of guanidine groups is 1. The second-order valence-electron chi connectivity index (χ2n) is 7.20. The number of fused-ring (bicyclic) bond motifs is 1. The maximum atomic E-state index is 12.9. The van der Waals surface area contributed by atoms with Crippen LogP contribution in [0, 0.1) is 0 Å². The predicted octanol–water partition coefficient (Wildman–Crippen LogP) is 1.21. The van der Waals surface area contributed by atoms with Crippen LogP contribution >= 0.6 is 0 Å². The number of nitrogens with zero attached hydrogens (tertiary/aromatic N) is 5. The molecule has 3 amide bonds. The van der Waals surface area contributed by atoms with Gasteiger partial charge in [0.15, 0.2) is 18.2 Å². The average Bonchev–Trinajstić information content (AvgIpc) is 3.31. The van der Waals surface area contributed by atoms with E-state index >= 15 is 0 Å². The quantitative estimate of drug-likeness (QED) is 0.818. The van der Waals surface area contributed by atoms with Gasteiger partial charge in [-0.05, 0) is 24.8 Å². The van der Waals surface area contributed by atoms with Gasteiger partial charge < -0.3 is 14.7 Å². The molecule has 0 N–H and O–H groups in total. The summed E-state index contributed by atoms with van der Waals surface area (Å²) < 4.78 is 0. The van der Waals surface area contributed by atoms with Gasteiger partial charge in [-0.15, -0.1) is 0 Å². The maximum absolute atomic E-state index is 12.9. The smallest absolute Gasteiger partial charge is 0.328 e. The molecule has 2 unspecified atom stereocenters. The molecule has 2 atom stereocenters. The minimum Gasteiger partial charge on any atom is -0.343 e. The van der Waals surface area contributed by atoms with E-state index in [0.717, 1.165) is 38.3 Å². The molecule has 0 saturated carbocycles. The molecule has 2 saturated heterocycles. The molecule has 26 heavy (non-hydrogen) atoms. The van der Waals surface area contributed by atoms with E-state index in [-0.39, 0.29) is 11.9 Å². The van der Waals surface area contributed by atoms with Crippen molar-refractivity contribution >= 4 is 17.9 Å². The third-order valence-corrected chi connectivity index (χ3v) is 5.56. The van der Waals surface area contributed by atoms with Gasteiger partial charge in [0.2, 0.25) is 0 Å². The first-order valence-corrected chi connectivity index (χ1v) is 9.25. The minimum atomic E-state index is -0.433. The molecule has 1 aromatic rings. The fourth-order valence-electron chi connectivity index (χ4n) is 4.06. The van der Waals surface area contributed by atoms with Gasteiger partial charge in [0.25, 0.3) is 5.91 Å². The lowest BCUT2D eigenvalue weighted by atomic mass is 10.1. The van der Waals surface area contributed by atoms with Crippen LogP contribution in [0.1, 0.15) is 18.4 Å². The van der Waals surface area contributed by atoms with Gasteiger partial charge in [0.1, 0.15) is 0 Å². The first kappa shape index (κ1) is 16.9. The van der Waals surface area contributed by atoms with Crippen molar-refractivity contribution in [1.82, 2.24) is 19.6 Å². The van der Waals surface area contributed by atoms with Crippen molar-refractivity contribution < 1.29 is 9.59 Å². The van der Waals surface area contributed by atoms with Gasteiger partial charge in [-0.1, -0.05) is 30.3 Å². The van der Waals surface area contributed by atoms with Gasteiger partial charge in [-0.3, -0.25) is 9.69 Å². The average molecular weight is 355 g/mol. The number of rotatable bonds is 3. The van der Waals surface area contributed by atoms with E-state index in [1.165, 1.54) is 10.5 Å². The molecule has 0 bridgehead atoms. The molecule has 0 aromatic heterocycles. The van der Waals surface area contributed by atoms with Crippen molar-refractivity contribution in [2.75, 3.05) is 33.7 Å². The highest BCUT2D eigenvalue weighted by Crippen LogP contribution is 2.29. The molecule has 138 valence electrons. The van der Waals surface area contributed by atoms with Gasteiger partial charge >= 0.3 is 6.03 Å². The number of imide groups is 1. The number of carbonyl (C=O) groups excluding carboxylic acids is 2. The zero-order chi connectivity index (χ0) is 18.3. The van der Waals surface area contributed by atoms with Crippen LogP contribution in [0.25, 0.3) is 0 Å². The monoisotopic (exact) mass is 355 g/mol. The largest absolute Gasteiger partial charge is 0.343 e. The number of likely N-dealkylation sites (tertiary alicyclic amines) is 1. The first-order chi connectivity index (χ1) is 12.6. The maximum Gasteiger partial charge on any atom is 0.328 e. The first-order valence-electron chi connectivity index (χ1n) is 9.25. The van der Waals surface area contributed by atoms with Crippen molar-refractivity contribution in [1.29, 1.82) is 0 Å². The number of benzene rings is 1. The van der Waals surface area contributed by atoms with Crippen molar-refractivity contribution in [2.45, 2.75) is 31.5 Å². The van der Waals surface area contributed by atoms with E-state index in [1.807, 2.05) is 18.2 Å². The minimum absolute atomic E-state index is 0.163. The highest BCUT2D eigenvalue weighted by Gasteiger charge is 2.51. The number of likely N-dealkylation sites (N-methyl/N-ethyl adjacent to an activating group) is 2. The summed E-state index contributed by atoms with van der Waals surface area (Å²) in [7, 11) is 3.29. The zero-order valence-electron chi connectivity index (χ0n) is 15.3. The van der Waals surface area contributed by atoms with Crippen LogP contribution in [-0.2, 0) is 11.2 Å². The molecule has 3 heterocycles. The normalized spacial score (nSPS) is 25.8. The van der Waals surface area contributed by atoms with E-state index in [4.69, 9.17) is 4.99 Å². The number of carbonyl (C=O) groups is 2. The molecule has 0 radical (unpaired) electrons. The lowest BCUT2D eigenvalue weighted by Gasteiger charge is -2.40. The molecule has 0 spiro atoms. The predicted molar refractivity (Wildman–Crippen MR) is 98.6 cm³/mol. The third-order valence-electron chi connectivity index (χ3n) is 5.56. The van der Waals surface area contributed by atoms with E-state index in [9.17, 15) is 9.59 Å². The molecule has 2 fully saturated rings. The lowest BCUT2D eigenvalue weighted by Crippen LogP contribution is -2.64. The van der Waals surface area contributed by atoms with E-state index in [0.29, 0.717) is 6.54 Å². The SMILES string of the molecule is CN1C(=O)C2C(N=C(N3CCCC3)N2CCc2ccccc2)N(C)C1=O. The third kappa shape index (κ3) is 2.71. The fourth-order valence-corrected chi connectivity index (χ4v) is 4.06. The Hall–Kier alpha value is -2.57. The van der Waals surface area contributed by atoms with Gasteiger partial charge in [-0.25, -0.2) is 9.79 Å². The molecule has 4 rings (SSSR count). The Labute approximate surface area is 153 Å². The van der Waals surface area contributed by atoms with Crippen LogP contribution in [0.2, 0.25) is 0 Å². The number of amides is 3. The van der Waals surface area contributed by atoms with Gasteiger partial charge in [0.05, 0.1) is 0 Å². The summed E-state index contributed by atoms with van der Waals surface area (Å²) in [5.41, 5.74) is 1.23. The van der Waals surface area contributed by atoms with Crippen molar-refractivity contribution in [3.8, 4) is 0 Å². The summed E-state index contributed by atoms with van der Waals surface area (Å²) in [6, 6.07) is 9.56.